The fourth-order valence-corrected chi connectivity index (χ4v) is 2.50. The van der Waals surface area contributed by atoms with Crippen molar-refractivity contribution in [3.05, 3.63) is 27.7 Å². The quantitative estimate of drug-likeness (QED) is 0.899. The van der Waals surface area contributed by atoms with Crippen LogP contribution in [-0.4, -0.2) is 11.4 Å². The molecule has 2 rings (SSSR count). The summed E-state index contributed by atoms with van der Waals surface area (Å²) in [6, 6.07) is 5.22. The zero-order chi connectivity index (χ0) is 12.6. The number of carbonyl (C=O) groups is 1. The van der Waals surface area contributed by atoms with E-state index in [9.17, 15) is 4.79 Å². The lowest BCUT2D eigenvalue weighted by Crippen LogP contribution is -2.50. The summed E-state index contributed by atoms with van der Waals surface area (Å²) in [6.07, 6.45) is 2.06. The third kappa shape index (κ3) is 2.81. The molecule has 3 N–H and O–H groups in total. The first kappa shape index (κ1) is 12.9. The first-order valence-electron chi connectivity index (χ1n) is 5.46. The van der Waals surface area contributed by atoms with E-state index in [2.05, 4.69) is 21.2 Å². The molecule has 0 aromatic heterocycles. The zero-order valence-electron chi connectivity index (χ0n) is 9.47. The van der Waals surface area contributed by atoms with Crippen LogP contribution in [0.15, 0.2) is 22.7 Å². The van der Waals surface area contributed by atoms with Crippen LogP contribution in [0.2, 0.25) is 5.02 Å². The molecule has 0 spiro atoms. The highest BCUT2D eigenvalue weighted by atomic mass is 79.9. The second-order valence-corrected chi connectivity index (χ2v) is 5.93. The predicted octanol–water partition coefficient (Wildman–Crippen LogP) is 3.17. The highest BCUT2D eigenvalue weighted by Gasteiger charge is 2.44. The van der Waals surface area contributed by atoms with Crippen LogP contribution in [0.5, 0.6) is 0 Å². The lowest BCUT2D eigenvalue weighted by atomic mass is 9.96. The monoisotopic (exact) mass is 316 g/mol. The smallest absolute Gasteiger partial charge is 0.244 e. The molecule has 0 saturated heterocycles. The molecule has 0 aliphatic heterocycles. The molecule has 0 radical (unpaired) electrons. The van der Waals surface area contributed by atoms with Crippen molar-refractivity contribution in [2.75, 3.05) is 5.32 Å². The second kappa shape index (κ2) is 4.59. The summed E-state index contributed by atoms with van der Waals surface area (Å²) in [4.78, 5) is 12.1. The number of hydrogen-bond acceptors (Lipinski definition) is 2. The van der Waals surface area contributed by atoms with Gasteiger partial charge in [0.1, 0.15) is 0 Å². The van der Waals surface area contributed by atoms with Gasteiger partial charge in [0.15, 0.2) is 0 Å². The SMILES string of the molecule is CC(N)(C(=O)Nc1ccc(Cl)cc1Br)C1CC1. The summed E-state index contributed by atoms with van der Waals surface area (Å²) >= 11 is 9.19. The molecule has 1 aromatic rings. The number of benzene rings is 1. The van der Waals surface area contributed by atoms with Crippen molar-refractivity contribution in [1.29, 1.82) is 0 Å². The lowest BCUT2D eigenvalue weighted by molar-refractivity contribution is -0.121. The van der Waals surface area contributed by atoms with Crippen molar-refractivity contribution in [2.45, 2.75) is 25.3 Å². The van der Waals surface area contributed by atoms with Crippen LogP contribution in [0, 0.1) is 5.92 Å². The average molecular weight is 318 g/mol. The fraction of sp³-hybridized carbons (Fsp3) is 0.417. The molecule has 1 aliphatic carbocycles. The minimum absolute atomic E-state index is 0.150. The maximum absolute atomic E-state index is 12.1. The van der Waals surface area contributed by atoms with Gasteiger partial charge in [-0.3, -0.25) is 4.79 Å². The van der Waals surface area contributed by atoms with Crippen LogP contribution in [-0.2, 0) is 4.79 Å². The highest BCUT2D eigenvalue weighted by Crippen LogP contribution is 2.39. The van der Waals surface area contributed by atoms with Gasteiger partial charge in [-0.05, 0) is 59.8 Å². The molecule has 1 aliphatic rings. The van der Waals surface area contributed by atoms with Crippen LogP contribution in [0.1, 0.15) is 19.8 Å². The van der Waals surface area contributed by atoms with Gasteiger partial charge in [0, 0.05) is 9.50 Å². The summed E-state index contributed by atoms with van der Waals surface area (Å²) in [7, 11) is 0. The van der Waals surface area contributed by atoms with E-state index < -0.39 is 5.54 Å². The molecule has 17 heavy (non-hydrogen) atoms. The number of carbonyl (C=O) groups excluding carboxylic acids is 1. The van der Waals surface area contributed by atoms with Gasteiger partial charge in [0.05, 0.1) is 11.2 Å². The molecule has 1 saturated carbocycles. The van der Waals surface area contributed by atoms with Crippen LogP contribution < -0.4 is 11.1 Å². The first-order valence-corrected chi connectivity index (χ1v) is 6.63. The summed E-state index contributed by atoms with van der Waals surface area (Å²) in [5, 5.41) is 3.45. The normalized spacial score (nSPS) is 18.6. The molecule has 1 fully saturated rings. The number of nitrogens with one attached hydrogen (secondary N) is 1. The van der Waals surface area contributed by atoms with Crippen molar-refractivity contribution < 1.29 is 4.79 Å². The number of halogens is 2. The topological polar surface area (TPSA) is 55.1 Å². The Balaban J connectivity index is 2.12. The van der Waals surface area contributed by atoms with Gasteiger partial charge < -0.3 is 11.1 Å². The van der Waals surface area contributed by atoms with Crippen molar-refractivity contribution in [3.8, 4) is 0 Å². The highest BCUT2D eigenvalue weighted by molar-refractivity contribution is 9.10. The molecular weight excluding hydrogens is 304 g/mol. The van der Waals surface area contributed by atoms with Gasteiger partial charge in [-0.15, -0.1) is 0 Å². The van der Waals surface area contributed by atoms with E-state index in [0.717, 1.165) is 17.3 Å². The Morgan fingerprint density at radius 3 is 2.76 bits per heavy atom. The summed E-state index contributed by atoms with van der Waals surface area (Å²) in [5.74, 6) is 0.150. The van der Waals surface area contributed by atoms with Crippen molar-refractivity contribution >= 4 is 39.1 Å². The summed E-state index contributed by atoms with van der Waals surface area (Å²) in [6.45, 7) is 1.78. The lowest BCUT2D eigenvalue weighted by Gasteiger charge is -2.23. The van der Waals surface area contributed by atoms with Gasteiger partial charge in [-0.2, -0.15) is 0 Å². The molecule has 1 unspecified atom stereocenters. The van der Waals surface area contributed by atoms with Gasteiger partial charge in [0.25, 0.3) is 0 Å². The van der Waals surface area contributed by atoms with Gasteiger partial charge in [-0.25, -0.2) is 0 Å². The van der Waals surface area contributed by atoms with E-state index in [0.29, 0.717) is 16.6 Å². The summed E-state index contributed by atoms with van der Waals surface area (Å²) in [5.41, 5.74) is 5.94. The van der Waals surface area contributed by atoms with E-state index in [-0.39, 0.29) is 5.91 Å². The van der Waals surface area contributed by atoms with E-state index in [4.69, 9.17) is 17.3 Å². The molecule has 0 heterocycles. The van der Waals surface area contributed by atoms with Gasteiger partial charge in [-0.1, -0.05) is 11.6 Å². The van der Waals surface area contributed by atoms with Crippen molar-refractivity contribution in [3.63, 3.8) is 0 Å². The number of nitrogens with two attached hydrogens (primary N) is 1. The Labute approximate surface area is 114 Å². The second-order valence-electron chi connectivity index (χ2n) is 4.64. The minimum Gasteiger partial charge on any atom is -0.323 e. The molecule has 5 heteroatoms. The largest absolute Gasteiger partial charge is 0.323 e. The zero-order valence-corrected chi connectivity index (χ0v) is 11.8. The van der Waals surface area contributed by atoms with E-state index in [1.165, 1.54) is 0 Å². The van der Waals surface area contributed by atoms with Crippen LogP contribution in [0.4, 0.5) is 5.69 Å². The van der Waals surface area contributed by atoms with Crippen LogP contribution in [0.3, 0.4) is 0 Å². The third-order valence-corrected chi connectivity index (χ3v) is 3.99. The molecule has 1 aromatic carbocycles. The Bertz CT molecular complexity index is 458. The molecule has 3 nitrogen and oxygen atoms in total. The Kier molecular flexibility index (Phi) is 3.48. The molecule has 1 atom stereocenters. The number of rotatable bonds is 3. The predicted molar refractivity (Wildman–Crippen MR) is 73.1 cm³/mol. The molecule has 92 valence electrons. The maximum Gasteiger partial charge on any atom is 0.244 e. The van der Waals surface area contributed by atoms with E-state index in [1.54, 1.807) is 25.1 Å². The van der Waals surface area contributed by atoms with Crippen LogP contribution in [0.25, 0.3) is 0 Å². The summed E-state index contributed by atoms with van der Waals surface area (Å²) < 4.78 is 0.755. The van der Waals surface area contributed by atoms with E-state index in [1.807, 2.05) is 0 Å². The minimum atomic E-state index is -0.793. The molecule has 0 bridgehead atoms. The number of hydrogen-bond donors (Lipinski definition) is 2. The van der Waals surface area contributed by atoms with Crippen LogP contribution >= 0.6 is 27.5 Å². The van der Waals surface area contributed by atoms with Gasteiger partial charge in [0.2, 0.25) is 5.91 Å². The standard InChI is InChI=1S/C12H14BrClN2O/c1-12(15,7-2-3-7)11(17)16-10-5-4-8(14)6-9(10)13/h4-7H,2-3,15H2,1H3,(H,16,17). The number of anilines is 1. The Morgan fingerprint density at radius 1 is 1.59 bits per heavy atom. The third-order valence-electron chi connectivity index (χ3n) is 3.09. The fourth-order valence-electron chi connectivity index (χ4n) is 1.72. The Morgan fingerprint density at radius 2 is 2.24 bits per heavy atom. The maximum atomic E-state index is 12.1. The van der Waals surface area contributed by atoms with E-state index >= 15 is 0 Å². The average Bonchev–Trinajstić information content (AvgIpc) is 3.05. The first-order chi connectivity index (χ1) is 7.91. The molecular formula is C12H14BrClN2O. The van der Waals surface area contributed by atoms with Crippen molar-refractivity contribution in [2.24, 2.45) is 11.7 Å². The van der Waals surface area contributed by atoms with Gasteiger partial charge >= 0.3 is 0 Å². The van der Waals surface area contributed by atoms with Crippen molar-refractivity contribution in [1.82, 2.24) is 0 Å². The Hall–Kier alpha value is -0.580. The molecule has 1 amide bonds. The number of amides is 1.